The van der Waals surface area contributed by atoms with Gasteiger partial charge in [-0.2, -0.15) is 11.8 Å². The molecular formula is C24H27N5O2S. The van der Waals surface area contributed by atoms with Gasteiger partial charge in [-0.25, -0.2) is 9.78 Å². The fourth-order valence-corrected chi connectivity index (χ4v) is 4.52. The van der Waals surface area contributed by atoms with Gasteiger partial charge in [-0.15, -0.1) is 0 Å². The Kier molecular flexibility index (Phi) is 7.45. The van der Waals surface area contributed by atoms with Gasteiger partial charge in [-0.05, 0) is 28.8 Å². The monoisotopic (exact) mass is 449 g/mol. The van der Waals surface area contributed by atoms with Crippen LogP contribution in [0.5, 0.6) is 0 Å². The van der Waals surface area contributed by atoms with E-state index in [4.69, 9.17) is 0 Å². The number of anilines is 1. The van der Waals surface area contributed by atoms with Gasteiger partial charge in [-0.1, -0.05) is 36.4 Å². The average molecular weight is 450 g/mol. The summed E-state index contributed by atoms with van der Waals surface area (Å²) in [6.45, 7) is 2.79. The lowest BCUT2D eigenvalue weighted by Crippen LogP contribution is -2.38. The van der Waals surface area contributed by atoms with E-state index < -0.39 is 0 Å². The first-order valence-corrected chi connectivity index (χ1v) is 11.8. The fraction of sp³-hybridized carbons (Fsp3) is 0.292. The van der Waals surface area contributed by atoms with E-state index in [1.165, 1.54) is 0 Å². The van der Waals surface area contributed by atoms with Crippen molar-refractivity contribution in [1.29, 1.82) is 0 Å². The Labute approximate surface area is 192 Å². The lowest BCUT2D eigenvalue weighted by Gasteiger charge is -2.26. The molecule has 1 aromatic heterocycles. The van der Waals surface area contributed by atoms with Gasteiger partial charge in [0.15, 0.2) is 0 Å². The van der Waals surface area contributed by atoms with Gasteiger partial charge in [0, 0.05) is 55.8 Å². The van der Waals surface area contributed by atoms with Crippen molar-refractivity contribution in [2.24, 2.45) is 0 Å². The minimum absolute atomic E-state index is 0.165. The molecule has 0 unspecified atom stereocenters. The summed E-state index contributed by atoms with van der Waals surface area (Å²) in [6.07, 6.45) is 5.84. The number of carbonyl (C=O) groups excluding carboxylic acids is 2. The van der Waals surface area contributed by atoms with Gasteiger partial charge in [-0.3, -0.25) is 4.79 Å². The highest BCUT2D eigenvalue weighted by atomic mass is 32.2. The molecule has 0 atom stereocenters. The number of thioether (sulfide) groups is 1. The molecule has 0 spiro atoms. The zero-order valence-electron chi connectivity index (χ0n) is 17.9. The standard InChI is InChI=1S/C24H27N5O2S/c30-23(29-11-13-32-14-12-29)15-19-5-7-22(8-6-19)27-24(31)26-16-20-3-1-2-4-21(20)17-28-10-9-25-18-28/h1-10,18H,11-17H2,(H2,26,27,31). The quantitative estimate of drug-likeness (QED) is 0.580. The zero-order chi connectivity index (χ0) is 22.2. The Morgan fingerprint density at radius 2 is 1.75 bits per heavy atom. The van der Waals surface area contributed by atoms with Gasteiger partial charge in [0.05, 0.1) is 12.7 Å². The number of hydrogen-bond acceptors (Lipinski definition) is 4. The van der Waals surface area contributed by atoms with E-state index in [0.717, 1.165) is 41.3 Å². The first-order chi connectivity index (χ1) is 15.7. The number of hydrogen-bond donors (Lipinski definition) is 2. The van der Waals surface area contributed by atoms with E-state index >= 15 is 0 Å². The van der Waals surface area contributed by atoms with Crippen molar-refractivity contribution in [3.8, 4) is 0 Å². The third kappa shape index (κ3) is 6.13. The van der Waals surface area contributed by atoms with Gasteiger partial charge in [0.2, 0.25) is 5.91 Å². The van der Waals surface area contributed by atoms with Crippen LogP contribution in [0.4, 0.5) is 10.5 Å². The predicted molar refractivity (Wildman–Crippen MR) is 128 cm³/mol. The SMILES string of the molecule is O=C(NCc1ccccc1Cn1ccnc1)Nc1ccc(CC(=O)N2CCSCC2)cc1. The van der Waals surface area contributed by atoms with E-state index in [0.29, 0.717) is 25.2 Å². The predicted octanol–water partition coefficient (Wildman–Crippen LogP) is 3.37. The second-order valence-corrected chi connectivity index (χ2v) is 8.90. The van der Waals surface area contributed by atoms with Crippen molar-refractivity contribution in [3.63, 3.8) is 0 Å². The molecule has 2 heterocycles. The molecule has 0 saturated carbocycles. The summed E-state index contributed by atoms with van der Waals surface area (Å²) in [6, 6.07) is 15.2. The van der Waals surface area contributed by atoms with Gasteiger partial charge in [0.1, 0.15) is 0 Å². The summed E-state index contributed by atoms with van der Waals surface area (Å²) in [4.78, 5) is 30.8. The van der Waals surface area contributed by atoms with Crippen molar-refractivity contribution < 1.29 is 9.59 Å². The van der Waals surface area contributed by atoms with E-state index in [1.807, 2.05) is 69.9 Å². The van der Waals surface area contributed by atoms with Crippen LogP contribution in [-0.2, 0) is 24.3 Å². The van der Waals surface area contributed by atoms with Gasteiger partial charge >= 0.3 is 6.03 Å². The fourth-order valence-electron chi connectivity index (χ4n) is 3.62. The molecule has 2 aromatic carbocycles. The average Bonchev–Trinajstić information content (AvgIpc) is 3.33. The lowest BCUT2D eigenvalue weighted by atomic mass is 10.1. The summed E-state index contributed by atoms with van der Waals surface area (Å²) in [7, 11) is 0. The molecule has 0 bridgehead atoms. The molecule has 4 rings (SSSR count). The molecule has 1 aliphatic rings. The molecule has 1 saturated heterocycles. The minimum atomic E-state index is -0.267. The number of carbonyl (C=O) groups is 2. The molecule has 3 aromatic rings. The van der Waals surface area contributed by atoms with E-state index in [1.54, 1.807) is 12.5 Å². The van der Waals surface area contributed by atoms with Crippen LogP contribution in [0.2, 0.25) is 0 Å². The molecule has 1 aliphatic heterocycles. The third-order valence-corrected chi connectivity index (χ3v) is 6.34. The Morgan fingerprint density at radius 1 is 1.00 bits per heavy atom. The number of rotatable bonds is 7. The molecule has 2 N–H and O–H groups in total. The molecule has 166 valence electrons. The van der Waals surface area contributed by atoms with Crippen molar-refractivity contribution in [2.75, 3.05) is 29.9 Å². The maximum absolute atomic E-state index is 12.4. The Morgan fingerprint density at radius 3 is 2.47 bits per heavy atom. The Bertz CT molecular complexity index is 1030. The van der Waals surface area contributed by atoms with E-state index in [9.17, 15) is 9.59 Å². The van der Waals surface area contributed by atoms with Crippen molar-refractivity contribution in [1.82, 2.24) is 19.8 Å². The lowest BCUT2D eigenvalue weighted by molar-refractivity contribution is -0.130. The number of imidazole rings is 1. The third-order valence-electron chi connectivity index (χ3n) is 5.40. The second-order valence-electron chi connectivity index (χ2n) is 7.68. The zero-order valence-corrected chi connectivity index (χ0v) is 18.7. The summed E-state index contributed by atoms with van der Waals surface area (Å²) in [5.41, 5.74) is 3.83. The molecule has 0 radical (unpaired) electrons. The van der Waals surface area contributed by atoms with Crippen LogP contribution in [0.25, 0.3) is 0 Å². The highest BCUT2D eigenvalue weighted by molar-refractivity contribution is 7.99. The van der Waals surface area contributed by atoms with Gasteiger partial charge < -0.3 is 20.1 Å². The van der Waals surface area contributed by atoms with Crippen LogP contribution in [-0.4, -0.2) is 51.0 Å². The van der Waals surface area contributed by atoms with Crippen LogP contribution in [0, 0.1) is 0 Å². The van der Waals surface area contributed by atoms with Crippen molar-refractivity contribution >= 4 is 29.4 Å². The number of nitrogens with one attached hydrogen (secondary N) is 2. The van der Waals surface area contributed by atoms with Crippen molar-refractivity contribution in [2.45, 2.75) is 19.5 Å². The molecule has 3 amide bonds. The number of amides is 3. The maximum atomic E-state index is 12.4. The summed E-state index contributed by atoms with van der Waals surface area (Å²) in [5, 5.41) is 5.78. The minimum Gasteiger partial charge on any atom is -0.341 e. The van der Waals surface area contributed by atoms with Crippen LogP contribution < -0.4 is 10.6 Å². The Balaban J connectivity index is 1.27. The summed E-state index contributed by atoms with van der Waals surface area (Å²) < 4.78 is 2.00. The largest absolute Gasteiger partial charge is 0.341 e. The maximum Gasteiger partial charge on any atom is 0.319 e. The van der Waals surface area contributed by atoms with Crippen molar-refractivity contribution in [3.05, 3.63) is 83.9 Å². The van der Waals surface area contributed by atoms with E-state index in [-0.39, 0.29) is 11.9 Å². The molecule has 0 aliphatic carbocycles. The first kappa shape index (κ1) is 22.0. The first-order valence-electron chi connectivity index (χ1n) is 10.7. The number of aromatic nitrogens is 2. The van der Waals surface area contributed by atoms with Crippen LogP contribution in [0.1, 0.15) is 16.7 Å². The highest BCUT2D eigenvalue weighted by Gasteiger charge is 2.16. The second kappa shape index (κ2) is 10.9. The topological polar surface area (TPSA) is 79.3 Å². The van der Waals surface area contributed by atoms with E-state index in [2.05, 4.69) is 21.7 Å². The smallest absolute Gasteiger partial charge is 0.319 e. The highest BCUT2D eigenvalue weighted by Crippen LogP contribution is 2.14. The number of benzene rings is 2. The molecule has 7 nitrogen and oxygen atoms in total. The van der Waals surface area contributed by atoms with Crippen LogP contribution >= 0.6 is 11.8 Å². The van der Waals surface area contributed by atoms with Crippen LogP contribution in [0.3, 0.4) is 0 Å². The van der Waals surface area contributed by atoms with Crippen LogP contribution in [0.15, 0.2) is 67.3 Å². The molecular weight excluding hydrogens is 422 g/mol. The summed E-state index contributed by atoms with van der Waals surface area (Å²) >= 11 is 1.89. The molecule has 1 fully saturated rings. The Hall–Kier alpha value is -3.26. The number of nitrogens with zero attached hydrogens (tertiary/aromatic N) is 3. The molecule has 8 heteroatoms. The number of urea groups is 1. The normalized spacial score (nSPS) is 13.6. The van der Waals surface area contributed by atoms with Gasteiger partial charge in [0.25, 0.3) is 0 Å². The molecule has 32 heavy (non-hydrogen) atoms. The summed E-state index contributed by atoms with van der Waals surface area (Å²) in [5.74, 6) is 2.19.